The topological polar surface area (TPSA) is 112 Å². The van der Waals surface area contributed by atoms with Crippen LogP contribution in [0.25, 0.3) is 5.57 Å². The zero-order chi connectivity index (χ0) is 25.0. The van der Waals surface area contributed by atoms with Crippen molar-refractivity contribution in [1.29, 1.82) is 5.41 Å². The number of hydrogen-bond acceptors (Lipinski definition) is 7. The molecule has 0 unspecified atom stereocenters. The molecule has 2 aliphatic heterocycles. The van der Waals surface area contributed by atoms with Crippen LogP contribution in [0.15, 0.2) is 36.6 Å². The smallest absolute Gasteiger partial charge is 0.260 e. The number of amidine groups is 1. The van der Waals surface area contributed by atoms with E-state index in [1.165, 1.54) is 43.5 Å². The maximum atomic E-state index is 13.5. The number of ether oxygens (including phenoxy) is 2. The van der Waals surface area contributed by atoms with Crippen LogP contribution >= 0.6 is 23.2 Å². The minimum Gasteiger partial charge on any atom is -0.495 e. The van der Waals surface area contributed by atoms with E-state index in [1.807, 2.05) is 0 Å². The van der Waals surface area contributed by atoms with Crippen LogP contribution in [0.3, 0.4) is 0 Å². The van der Waals surface area contributed by atoms with Crippen molar-refractivity contribution < 1.29 is 19.1 Å². The van der Waals surface area contributed by atoms with Crippen molar-refractivity contribution in [2.75, 3.05) is 53.5 Å². The minimum absolute atomic E-state index is 0.0150. The summed E-state index contributed by atoms with van der Waals surface area (Å²) in [5.74, 6) is 0.0460. The Bertz CT molecular complexity index is 1050. The highest BCUT2D eigenvalue weighted by atomic mass is 35.5. The molecular weight excluding hydrogens is 481 g/mol. The number of nitrogens with zero attached hydrogens (tertiary/aromatic N) is 3. The van der Waals surface area contributed by atoms with Gasteiger partial charge >= 0.3 is 0 Å². The normalized spacial score (nSPS) is 18.2. The number of carbonyl (C=O) groups is 2. The number of amides is 2. The highest BCUT2D eigenvalue weighted by Crippen LogP contribution is 2.45. The number of rotatable bonds is 7. The van der Waals surface area contributed by atoms with Crippen LogP contribution in [0.5, 0.6) is 11.5 Å². The van der Waals surface area contributed by atoms with Gasteiger partial charge in [-0.2, -0.15) is 0 Å². The molecule has 1 fully saturated rings. The summed E-state index contributed by atoms with van der Waals surface area (Å²) in [6.07, 6.45) is 4.06. The van der Waals surface area contributed by atoms with Crippen molar-refractivity contribution >= 4 is 46.4 Å². The first-order chi connectivity index (χ1) is 16.3. The number of nitrogens with one attached hydrogen (secondary N) is 1. The van der Waals surface area contributed by atoms with E-state index in [4.69, 9.17) is 43.8 Å². The first-order valence-corrected chi connectivity index (χ1v) is 11.3. The minimum atomic E-state index is -0.435. The molecule has 34 heavy (non-hydrogen) atoms. The summed E-state index contributed by atoms with van der Waals surface area (Å²) in [5.41, 5.74) is 6.55. The molecule has 1 saturated heterocycles. The lowest BCUT2D eigenvalue weighted by Crippen LogP contribution is -2.51. The number of piperazine rings is 1. The van der Waals surface area contributed by atoms with E-state index in [-0.39, 0.29) is 39.5 Å². The van der Waals surface area contributed by atoms with E-state index >= 15 is 0 Å². The number of hydrogen-bond donors (Lipinski definition) is 2. The van der Waals surface area contributed by atoms with Crippen molar-refractivity contribution in [3.8, 4) is 11.5 Å². The first-order valence-electron chi connectivity index (χ1n) is 10.6. The Morgan fingerprint density at radius 2 is 1.74 bits per heavy atom. The fraction of sp³-hybridized carbons (Fsp3) is 0.348. The Morgan fingerprint density at radius 3 is 2.24 bits per heavy atom. The number of benzene rings is 1. The van der Waals surface area contributed by atoms with Crippen molar-refractivity contribution in [1.82, 2.24) is 14.7 Å². The van der Waals surface area contributed by atoms with Crippen molar-refractivity contribution in [3.63, 3.8) is 0 Å². The van der Waals surface area contributed by atoms with Gasteiger partial charge in [-0.3, -0.25) is 24.8 Å². The Hall–Kier alpha value is -3.01. The number of methoxy groups -OCH3 is 2. The van der Waals surface area contributed by atoms with Crippen LogP contribution in [0.1, 0.15) is 5.56 Å². The molecule has 9 nitrogen and oxygen atoms in total. The molecule has 2 heterocycles. The van der Waals surface area contributed by atoms with E-state index in [1.54, 1.807) is 4.90 Å². The van der Waals surface area contributed by atoms with Gasteiger partial charge in [-0.25, -0.2) is 0 Å². The van der Waals surface area contributed by atoms with Gasteiger partial charge < -0.3 is 20.1 Å². The number of halogens is 2. The Kier molecular flexibility index (Phi) is 8.24. The Morgan fingerprint density at radius 1 is 1.15 bits per heavy atom. The van der Waals surface area contributed by atoms with Gasteiger partial charge in [0.25, 0.3) is 5.91 Å². The first kappa shape index (κ1) is 25.6. The second-order valence-corrected chi connectivity index (χ2v) is 8.40. The highest BCUT2D eigenvalue weighted by Gasteiger charge is 2.34. The lowest BCUT2D eigenvalue weighted by molar-refractivity contribution is -0.127. The van der Waals surface area contributed by atoms with Gasteiger partial charge in [0, 0.05) is 62.7 Å². The molecule has 2 amide bonds. The van der Waals surface area contributed by atoms with Crippen LogP contribution in [-0.4, -0.2) is 85.8 Å². The van der Waals surface area contributed by atoms with E-state index in [2.05, 4.69) is 11.5 Å². The van der Waals surface area contributed by atoms with Crippen molar-refractivity contribution in [3.05, 3.63) is 52.2 Å². The van der Waals surface area contributed by atoms with Crippen molar-refractivity contribution in [2.24, 2.45) is 5.73 Å². The van der Waals surface area contributed by atoms with Crippen LogP contribution in [-0.2, 0) is 9.59 Å². The van der Waals surface area contributed by atoms with Gasteiger partial charge in [0.1, 0.15) is 17.3 Å². The molecule has 3 rings (SSSR count). The number of nitrogens with two attached hydrogens (primary N) is 1. The van der Waals surface area contributed by atoms with Crippen LogP contribution in [0, 0.1) is 5.41 Å². The van der Waals surface area contributed by atoms with E-state index in [9.17, 15) is 9.59 Å². The molecule has 0 aromatic heterocycles. The Labute approximate surface area is 208 Å². The van der Waals surface area contributed by atoms with Crippen molar-refractivity contribution in [2.45, 2.75) is 0 Å². The third kappa shape index (κ3) is 4.91. The predicted octanol–water partition coefficient (Wildman–Crippen LogP) is 2.39. The zero-order valence-corrected chi connectivity index (χ0v) is 20.6. The molecule has 0 saturated carbocycles. The molecule has 0 radical (unpaired) electrons. The quantitative estimate of drug-likeness (QED) is 0.548. The molecular formula is C23H27Cl2N5O4. The molecule has 2 aliphatic rings. The summed E-state index contributed by atoms with van der Waals surface area (Å²) < 4.78 is 10.7. The summed E-state index contributed by atoms with van der Waals surface area (Å²) in [5, 5.41) is 8.80. The fourth-order valence-electron chi connectivity index (χ4n) is 3.89. The van der Waals surface area contributed by atoms with Gasteiger partial charge in [0.15, 0.2) is 0 Å². The van der Waals surface area contributed by atoms with Gasteiger partial charge in [-0.1, -0.05) is 29.8 Å². The lowest BCUT2D eigenvalue weighted by atomic mass is 9.96. The maximum absolute atomic E-state index is 13.5. The maximum Gasteiger partial charge on any atom is 0.260 e. The highest BCUT2D eigenvalue weighted by molar-refractivity contribution is 6.43. The number of carbonyl (C=O) groups excluding carboxylic acids is 2. The van der Waals surface area contributed by atoms with Gasteiger partial charge in [0.2, 0.25) is 5.91 Å². The standard InChI is InChI=1S/C23H27Cl2N5O4/c1-4-18(31)29-8-5-28(6-9-29)7-10-30-22(27)14(13-26)11-15(23(30)32)19-20(24)16(33-2)12-17(34-3)21(19)25/h4,11-13,27H,1,5-10,26H2,2-3H3/b14-13-,27-22?. The molecule has 11 heteroatoms. The molecule has 3 N–H and O–H groups in total. The summed E-state index contributed by atoms with van der Waals surface area (Å²) in [4.78, 5) is 30.5. The van der Waals surface area contributed by atoms with Crippen LogP contribution in [0.4, 0.5) is 0 Å². The predicted molar refractivity (Wildman–Crippen MR) is 132 cm³/mol. The molecule has 0 bridgehead atoms. The lowest BCUT2D eigenvalue weighted by Gasteiger charge is -2.36. The summed E-state index contributed by atoms with van der Waals surface area (Å²) in [7, 11) is 2.90. The van der Waals surface area contributed by atoms with Gasteiger partial charge in [0.05, 0.1) is 29.8 Å². The van der Waals surface area contributed by atoms with Crippen LogP contribution < -0.4 is 15.2 Å². The summed E-state index contributed by atoms with van der Waals surface area (Å²) >= 11 is 13.1. The van der Waals surface area contributed by atoms with Gasteiger partial charge in [-0.05, 0) is 12.2 Å². The van der Waals surface area contributed by atoms with E-state index in [0.29, 0.717) is 49.8 Å². The van der Waals surface area contributed by atoms with Gasteiger partial charge in [-0.15, -0.1) is 0 Å². The molecule has 0 spiro atoms. The summed E-state index contributed by atoms with van der Waals surface area (Å²) in [6, 6.07) is 1.54. The fourth-order valence-corrected chi connectivity index (χ4v) is 4.60. The molecule has 1 aromatic rings. The average Bonchev–Trinajstić information content (AvgIpc) is 2.85. The third-order valence-electron chi connectivity index (χ3n) is 5.84. The third-order valence-corrected chi connectivity index (χ3v) is 6.59. The zero-order valence-electron chi connectivity index (χ0n) is 19.1. The molecule has 0 aliphatic carbocycles. The monoisotopic (exact) mass is 507 g/mol. The van der Waals surface area contributed by atoms with E-state index < -0.39 is 5.91 Å². The second kappa shape index (κ2) is 10.9. The Balaban J connectivity index is 1.86. The summed E-state index contributed by atoms with van der Waals surface area (Å²) in [6.45, 7) is 6.74. The SMILES string of the molecule is C=CC(=O)N1CCN(CCN2C(=N)/C(=C\N)C=C(c3c(Cl)c(OC)cc(OC)c3Cl)C2=O)CC1. The van der Waals surface area contributed by atoms with E-state index in [0.717, 1.165) is 0 Å². The second-order valence-electron chi connectivity index (χ2n) is 7.64. The molecule has 182 valence electrons. The molecule has 0 atom stereocenters. The van der Waals surface area contributed by atoms with Crippen LogP contribution in [0.2, 0.25) is 10.0 Å². The average molecular weight is 508 g/mol. The largest absolute Gasteiger partial charge is 0.495 e. The molecule has 1 aromatic carbocycles.